The zero-order valence-corrected chi connectivity index (χ0v) is 18.7. The van der Waals surface area contributed by atoms with Gasteiger partial charge in [0.05, 0.1) is 17.6 Å². The Hall–Kier alpha value is -3.33. The Bertz CT molecular complexity index is 1080. The first-order chi connectivity index (χ1) is 15.6. The zero-order chi connectivity index (χ0) is 22.3. The van der Waals surface area contributed by atoms with E-state index in [1.54, 1.807) is 35.7 Å². The van der Waals surface area contributed by atoms with E-state index in [2.05, 4.69) is 20.5 Å². The molecule has 4 rings (SSSR count). The molecule has 8 nitrogen and oxygen atoms in total. The van der Waals surface area contributed by atoms with Crippen LogP contribution in [0.5, 0.6) is 0 Å². The molecule has 2 amide bonds. The van der Waals surface area contributed by atoms with E-state index in [0.29, 0.717) is 38.1 Å². The number of fused-ring (bicyclic) bond motifs is 1. The SMILES string of the molecule is CCOC(=O)N1CCC(=NNC(=O)c2ccc(CSc3nc4ccccc4[nH]3)cc2)CC1. The van der Waals surface area contributed by atoms with Crippen molar-refractivity contribution in [3.8, 4) is 0 Å². The molecule has 9 heteroatoms. The third-order valence-electron chi connectivity index (χ3n) is 5.14. The second kappa shape index (κ2) is 10.3. The highest BCUT2D eigenvalue weighted by Crippen LogP contribution is 2.23. The van der Waals surface area contributed by atoms with Gasteiger partial charge in [-0.1, -0.05) is 36.0 Å². The van der Waals surface area contributed by atoms with Crippen molar-refractivity contribution in [2.24, 2.45) is 5.10 Å². The third-order valence-corrected chi connectivity index (χ3v) is 6.09. The Kier molecular flexibility index (Phi) is 7.06. The largest absolute Gasteiger partial charge is 0.450 e. The number of hydrogen-bond donors (Lipinski definition) is 2. The van der Waals surface area contributed by atoms with Crippen LogP contribution in [0.25, 0.3) is 11.0 Å². The highest BCUT2D eigenvalue weighted by atomic mass is 32.2. The summed E-state index contributed by atoms with van der Waals surface area (Å²) in [6.45, 7) is 3.25. The Labute approximate surface area is 190 Å². The summed E-state index contributed by atoms with van der Waals surface area (Å²) in [5.74, 6) is 0.503. The maximum Gasteiger partial charge on any atom is 0.409 e. The lowest BCUT2D eigenvalue weighted by molar-refractivity contribution is 0.0951. The molecule has 1 fully saturated rings. The molecule has 1 saturated heterocycles. The molecule has 3 aromatic rings. The minimum Gasteiger partial charge on any atom is -0.450 e. The number of likely N-dealkylation sites (tertiary alicyclic amines) is 1. The number of para-hydroxylation sites is 2. The summed E-state index contributed by atoms with van der Waals surface area (Å²) in [7, 11) is 0. The first-order valence-electron chi connectivity index (χ1n) is 10.6. The van der Waals surface area contributed by atoms with Crippen LogP contribution < -0.4 is 5.43 Å². The number of nitrogens with zero attached hydrogens (tertiary/aromatic N) is 3. The predicted molar refractivity (Wildman–Crippen MR) is 125 cm³/mol. The molecule has 32 heavy (non-hydrogen) atoms. The number of amides is 2. The zero-order valence-electron chi connectivity index (χ0n) is 17.8. The fourth-order valence-electron chi connectivity index (χ4n) is 3.37. The smallest absolute Gasteiger partial charge is 0.409 e. The lowest BCUT2D eigenvalue weighted by Gasteiger charge is -2.26. The fraction of sp³-hybridized carbons (Fsp3) is 0.304. The Morgan fingerprint density at radius 1 is 1.16 bits per heavy atom. The first-order valence-corrected chi connectivity index (χ1v) is 11.5. The summed E-state index contributed by atoms with van der Waals surface area (Å²) in [4.78, 5) is 33.7. The minimum absolute atomic E-state index is 0.248. The molecule has 0 spiro atoms. The molecule has 0 bridgehead atoms. The molecule has 2 aromatic carbocycles. The molecule has 1 aliphatic heterocycles. The van der Waals surface area contributed by atoms with E-state index >= 15 is 0 Å². The van der Waals surface area contributed by atoms with Crippen LogP contribution in [-0.2, 0) is 10.5 Å². The second-order valence-electron chi connectivity index (χ2n) is 7.35. The maximum atomic E-state index is 12.4. The molecule has 0 unspecified atom stereocenters. The number of rotatable bonds is 6. The van der Waals surface area contributed by atoms with Gasteiger partial charge in [-0.2, -0.15) is 5.10 Å². The summed E-state index contributed by atoms with van der Waals surface area (Å²) >= 11 is 1.62. The number of nitrogens with one attached hydrogen (secondary N) is 2. The lowest BCUT2D eigenvalue weighted by atomic mass is 10.1. The molecule has 0 saturated carbocycles. The van der Waals surface area contributed by atoms with E-state index in [4.69, 9.17) is 4.74 Å². The van der Waals surface area contributed by atoms with E-state index in [1.807, 2.05) is 36.4 Å². The Morgan fingerprint density at radius 3 is 2.62 bits per heavy atom. The van der Waals surface area contributed by atoms with Gasteiger partial charge >= 0.3 is 6.09 Å². The quantitative estimate of drug-likeness (QED) is 0.432. The van der Waals surface area contributed by atoms with Crippen molar-refractivity contribution in [3.63, 3.8) is 0 Å². The van der Waals surface area contributed by atoms with Crippen LogP contribution >= 0.6 is 11.8 Å². The summed E-state index contributed by atoms with van der Waals surface area (Å²) in [6, 6.07) is 15.4. The van der Waals surface area contributed by atoms with Crippen LogP contribution in [0.4, 0.5) is 4.79 Å². The van der Waals surface area contributed by atoms with Crippen molar-refractivity contribution in [2.75, 3.05) is 19.7 Å². The number of hydrogen-bond acceptors (Lipinski definition) is 6. The summed E-state index contributed by atoms with van der Waals surface area (Å²) < 4.78 is 5.01. The number of piperidine rings is 1. The number of aromatic amines is 1. The highest BCUT2D eigenvalue weighted by Gasteiger charge is 2.20. The van der Waals surface area contributed by atoms with Crippen molar-refractivity contribution in [3.05, 3.63) is 59.7 Å². The first kappa shape index (κ1) is 21.9. The van der Waals surface area contributed by atoms with Crippen LogP contribution in [-0.4, -0.2) is 52.3 Å². The van der Waals surface area contributed by atoms with Crippen molar-refractivity contribution < 1.29 is 14.3 Å². The van der Waals surface area contributed by atoms with Crippen LogP contribution in [0.3, 0.4) is 0 Å². The number of H-pyrrole nitrogens is 1. The summed E-state index contributed by atoms with van der Waals surface area (Å²) in [5.41, 5.74) is 7.13. The molecule has 0 radical (unpaired) electrons. The number of thioether (sulfide) groups is 1. The molecule has 2 N–H and O–H groups in total. The third kappa shape index (κ3) is 5.47. The number of benzene rings is 2. The highest BCUT2D eigenvalue weighted by molar-refractivity contribution is 7.98. The Morgan fingerprint density at radius 2 is 1.91 bits per heavy atom. The number of ether oxygens (including phenoxy) is 1. The van der Waals surface area contributed by atoms with Gasteiger partial charge in [0.15, 0.2) is 5.16 Å². The second-order valence-corrected chi connectivity index (χ2v) is 8.31. The summed E-state index contributed by atoms with van der Waals surface area (Å²) in [5, 5.41) is 5.11. The van der Waals surface area contributed by atoms with Crippen LogP contribution in [0, 0.1) is 0 Å². The molecule has 0 atom stereocenters. The number of imidazole rings is 1. The van der Waals surface area contributed by atoms with Gasteiger partial charge < -0.3 is 14.6 Å². The minimum atomic E-state index is -0.297. The van der Waals surface area contributed by atoms with Crippen LogP contribution in [0.1, 0.15) is 35.7 Å². The molecular formula is C23H25N5O3S. The topological polar surface area (TPSA) is 99.7 Å². The number of aromatic nitrogens is 2. The number of hydrazone groups is 1. The summed E-state index contributed by atoms with van der Waals surface area (Å²) in [6.07, 6.45) is 0.947. The van der Waals surface area contributed by atoms with E-state index in [0.717, 1.165) is 33.2 Å². The van der Waals surface area contributed by atoms with Gasteiger partial charge in [-0.05, 0) is 36.8 Å². The van der Waals surface area contributed by atoms with Crippen LogP contribution in [0.15, 0.2) is 58.8 Å². The molecule has 1 aromatic heterocycles. The molecule has 166 valence electrons. The lowest BCUT2D eigenvalue weighted by Crippen LogP contribution is -2.39. The van der Waals surface area contributed by atoms with Gasteiger partial charge in [0, 0.05) is 43.0 Å². The molecule has 1 aliphatic rings. The van der Waals surface area contributed by atoms with E-state index in [1.165, 1.54) is 0 Å². The number of carbonyl (C=O) groups excluding carboxylic acids is 2. The maximum absolute atomic E-state index is 12.4. The van der Waals surface area contributed by atoms with E-state index in [-0.39, 0.29) is 12.0 Å². The van der Waals surface area contributed by atoms with Gasteiger partial charge in [0.25, 0.3) is 5.91 Å². The standard InChI is InChI=1S/C23H25N5O3S/c1-2-31-23(30)28-13-11-18(12-14-28)26-27-21(29)17-9-7-16(8-10-17)15-32-22-24-19-5-3-4-6-20(19)25-22/h3-10H,2,11-15H2,1H3,(H,24,25)(H,27,29). The van der Waals surface area contributed by atoms with Gasteiger partial charge in [-0.15, -0.1) is 0 Å². The van der Waals surface area contributed by atoms with Crippen molar-refractivity contribution >= 4 is 40.5 Å². The number of carbonyl (C=O) groups is 2. The van der Waals surface area contributed by atoms with Gasteiger partial charge in [-0.25, -0.2) is 15.2 Å². The van der Waals surface area contributed by atoms with Crippen molar-refractivity contribution in [1.82, 2.24) is 20.3 Å². The average molecular weight is 452 g/mol. The molecule has 0 aliphatic carbocycles. The molecular weight excluding hydrogens is 426 g/mol. The fourth-order valence-corrected chi connectivity index (χ4v) is 4.21. The van der Waals surface area contributed by atoms with Gasteiger partial charge in [-0.3, -0.25) is 4.79 Å². The average Bonchev–Trinajstić information content (AvgIpc) is 3.25. The molecule has 2 heterocycles. The van der Waals surface area contributed by atoms with Crippen molar-refractivity contribution in [1.29, 1.82) is 0 Å². The Balaban J connectivity index is 1.26. The van der Waals surface area contributed by atoms with Gasteiger partial charge in [0.2, 0.25) is 0 Å². The van der Waals surface area contributed by atoms with Gasteiger partial charge in [0.1, 0.15) is 0 Å². The predicted octanol–water partition coefficient (Wildman–Crippen LogP) is 4.19. The van der Waals surface area contributed by atoms with E-state index < -0.39 is 0 Å². The van der Waals surface area contributed by atoms with E-state index in [9.17, 15) is 9.59 Å². The monoisotopic (exact) mass is 451 g/mol. The normalized spacial score (nSPS) is 13.8. The van der Waals surface area contributed by atoms with Crippen molar-refractivity contribution in [2.45, 2.75) is 30.7 Å². The van der Waals surface area contributed by atoms with Crippen LogP contribution in [0.2, 0.25) is 0 Å².